The van der Waals surface area contributed by atoms with Gasteiger partial charge >= 0.3 is 0 Å². The van der Waals surface area contributed by atoms with E-state index in [2.05, 4.69) is 182 Å². The Morgan fingerprint density at radius 1 is 0.625 bits per heavy atom. The van der Waals surface area contributed by atoms with Crippen LogP contribution in [0.5, 0.6) is 0 Å². The Morgan fingerprint density at radius 3 is 1.88 bits per heavy atom. The van der Waals surface area contributed by atoms with Crippen LogP contribution in [0.1, 0.15) is 37.5 Å². The average Bonchev–Trinajstić information content (AvgIpc) is 3.69. The van der Waals surface area contributed by atoms with E-state index in [9.17, 15) is 0 Å². The van der Waals surface area contributed by atoms with E-state index in [-0.39, 0.29) is 0 Å². The summed E-state index contributed by atoms with van der Waals surface area (Å²) >= 11 is 1.91. The summed E-state index contributed by atoms with van der Waals surface area (Å²) in [4.78, 5) is 2.39. The summed E-state index contributed by atoms with van der Waals surface area (Å²) in [5.74, 6) is 0. The molecule has 0 bridgehead atoms. The average molecular weight is 638 g/mol. The first-order valence-electron chi connectivity index (χ1n) is 16.8. The predicted octanol–water partition coefficient (Wildman–Crippen LogP) is 13.6. The van der Waals surface area contributed by atoms with E-state index in [4.69, 9.17) is 0 Å². The second-order valence-electron chi connectivity index (χ2n) is 11.6. The molecule has 1 aromatic heterocycles. The van der Waals surface area contributed by atoms with Gasteiger partial charge in [0.25, 0.3) is 0 Å². The normalized spacial score (nSPS) is 15.2. The van der Waals surface area contributed by atoms with Crippen LogP contribution in [0.25, 0.3) is 31.3 Å². The third kappa shape index (κ3) is 4.84. The molecular formula is C46H39NS. The van der Waals surface area contributed by atoms with Gasteiger partial charge in [0.2, 0.25) is 0 Å². The molecule has 6 aromatic carbocycles. The number of benzene rings is 6. The molecule has 48 heavy (non-hydrogen) atoms. The van der Waals surface area contributed by atoms with E-state index in [1.165, 1.54) is 59.3 Å². The molecule has 2 heteroatoms. The lowest BCUT2D eigenvalue weighted by molar-refractivity contribution is 0.766. The van der Waals surface area contributed by atoms with Crippen LogP contribution in [-0.2, 0) is 5.41 Å². The molecule has 1 aliphatic rings. The fraction of sp³-hybridized carbons (Fsp3) is 0.0870. The molecule has 0 spiro atoms. The smallest absolute Gasteiger partial charge is 0.0710 e. The summed E-state index contributed by atoms with van der Waals surface area (Å²) in [6.45, 7) is 10.1. The lowest BCUT2D eigenvalue weighted by atomic mass is 9.67. The quantitative estimate of drug-likeness (QED) is 0.157. The Labute approximate surface area is 288 Å². The van der Waals surface area contributed by atoms with Crippen LogP contribution in [0, 0.1) is 0 Å². The molecule has 7 aromatic rings. The van der Waals surface area contributed by atoms with Crippen molar-refractivity contribution in [1.82, 2.24) is 0 Å². The van der Waals surface area contributed by atoms with Crippen LogP contribution in [0.4, 0.5) is 17.1 Å². The molecule has 0 fully saturated rings. The largest absolute Gasteiger partial charge is 0.309 e. The van der Waals surface area contributed by atoms with Gasteiger partial charge in [-0.05, 0) is 65.1 Å². The van der Waals surface area contributed by atoms with Crippen LogP contribution >= 0.6 is 11.3 Å². The number of para-hydroxylation sites is 2. The van der Waals surface area contributed by atoms with Gasteiger partial charge in [-0.3, -0.25) is 0 Å². The van der Waals surface area contributed by atoms with Crippen molar-refractivity contribution in [3.05, 3.63) is 199 Å². The Morgan fingerprint density at radius 2 is 1.23 bits per heavy atom. The Hall–Kier alpha value is -5.44. The van der Waals surface area contributed by atoms with E-state index in [1.54, 1.807) is 0 Å². The van der Waals surface area contributed by atoms with Crippen LogP contribution < -0.4 is 4.90 Å². The molecule has 1 unspecified atom stereocenters. The predicted molar refractivity (Wildman–Crippen MR) is 210 cm³/mol. The Bertz CT molecular complexity index is 2240. The minimum Gasteiger partial charge on any atom is -0.309 e. The van der Waals surface area contributed by atoms with Gasteiger partial charge in [0.15, 0.2) is 0 Å². The van der Waals surface area contributed by atoms with E-state index < -0.39 is 5.41 Å². The fourth-order valence-electron chi connectivity index (χ4n) is 7.44. The van der Waals surface area contributed by atoms with E-state index in [0.29, 0.717) is 0 Å². The standard InChI is InChI=1S/C44H33NS.C2H6/c1-3-5-18-31(4-2)44(32-19-9-6-10-20-32)38-27-16-15-25-37(38)41-39(44)30-29-36-35-26-17-28-40(42(35)46-43(36)41)45(33-21-11-7-12-22-33)34-23-13-8-14-24-34;1-2/h3-30H,1H2,2H3;1-2H3/b18-5-,31-4+;. The van der Waals surface area contributed by atoms with Gasteiger partial charge in [-0.1, -0.05) is 160 Å². The maximum Gasteiger partial charge on any atom is 0.0710 e. The zero-order valence-electron chi connectivity index (χ0n) is 27.7. The third-order valence-corrected chi connectivity index (χ3v) is 10.5. The Balaban J connectivity index is 0.00000179. The summed E-state index contributed by atoms with van der Waals surface area (Å²) in [5.41, 5.74) is 10.8. The first-order chi connectivity index (χ1) is 23.8. The molecule has 0 aliphatic heterocycles. The molecule has 1 aliphatic carbocycles. The number of anilines is 3. The highest BCUT2D eigenvalue weighted by molar-refractivity contribution is 7.27. The molecule has 0 saturated carbocycles. The number of thiophene rings is 1. The minimum absolute atomic E-state index is 0.450. The van der Waals surface area contributed by atoms with Gasteiger partial charge in [0, 0.05) is 32.4 Å². The Kier molecular flexibility index (Phi) is 8.67. The second kappa shape index (κ2) is 13.4. The van der Waals surface area contributed by atoms with E-state index in [1.807, 2.05) is 31.3 Å². The zero-order chi connectivity index (χ0) is 33.1. The van der Waals surface area contributed by atoms with Crippen molar-refractivity contribution in [2.24, 2.45) is 0 Å². The third-order valence-electron chi connectivity index (χ3n) is 9.28. The first-order valence-corrected chi connectivity index (χ1v) is 17.6. The second-order valence-corrected chi connectivity index (χ2v) is 12.6. The van der Waals surface area contributed by atoms with Crippen molar-refractivity contribution in [3.63, 3.8) is 0 Å². The van der Waals surface area contributed by atoms with Crippen molar-refractivity contribution in [2.75, 3.05) is 4.90 Å². The van der Waals surface area contributed by atoms with Crippen molar-refractivity contribution < 1.29 is 0 Å². The molecule has 0 radical (unpaired) electrons. The van der Waals surface area contributed by atoms with Crippen molar-refractivity contribution in [1.29, 1.82) is 0 Å². The summed E-state index contributed by atoms with van der Waals surface area (Å²) in [6, 6.07) is 52.9. The van der Waals surface area contributed by atoms with Gasteiger partial charge in [-0.15, -0.1) is 11.3 Å². The number of hydrogen-bond acceptors (Lipinski definition) is 2. The molecule has 0 amide bonds. The highest BCUT2D eigenvalue weighted by Gasteiger charge is 2.47. The molecule has 234 valence electrons. The summed E-state index contributed by atoms with van der Waals surface area (Å²) in [5, 5.41) is 2.58. The summed E-state index contributed by atoms with van der Waals surface area (Å²) in [7, 11) is 0. The maximum atomic E-state index is 3.99. The fourth-order valence-corrected chi connectivity index (χ4v) is 8.81. The van der Waals surface area contributed by atoms with E-state index >= 15 is 0 Å². The molecular weight excluding hydrogens is 599 g/mol. The van der Waals surface area contributed by atoms with Crippen LogP contribution in [-0.4, -0.2) is 0 Å². The molecule has 8 rings (SSSR count). The highest BCUT2D eigenvalue weighted by atomic mass is 32.1. The molecule has 1 atom stereocenters. The minimum atomic E-state index is -0.450. The lowest BCUT2D eigenvalue weighted by Crippen LogP contribution is -2.29. The molecule has 0 saturated heterocycles. The maximum absolute atomic E-state index is 3.99. The number of hydrogen-bond donors (Lipinski definition) is 0. The van der Waals surface area contributed by atoms with Crippen molar-refractivity contribution in [2.45, 2.75) is 26.2 Å². The SMILES string of the molecule is C=C/C=C\C(=C/C)C1(c2ccccc2)c2ccccc2-c2c1ccc1c2sc2c(N(c3ccccc3)c3ccccc3)cccc21.CC. The number of allylic oxidation sites excluding steroid dienone is 5. The van der Waals surface area contributed by atoms with Gasteiger partial charge in [-0.25, -0.2) is 0 Å². The zero-order valence-corrected chi connectivity index (χ0v) is 28.5. The van der Waals surface area contributed by atoms with Crippen molar-refractivity contribution in [3.8, 4) is 11.1 Å². The molecule has 0 N–H and O–H groups in total. The van der Waals surface area contributed by atoms with Crippen LogP contribution in [0.2, 0.25) is 0 Å². The molecule has 1 nitrogen and oxygen atoms in total. The lowest BCUT2D eigenvalue weighted by Gasteiger charge is -2.34. The van der Waals surface area contributed by atoms with Crippen molar-refractivity contribution >= 4 is 48.6 Å². The van der Waals surface area contributed by atoms with Crippen LogP contribution in [0.15, 0.2) is 182 Å². The van der Waals surface area contributed by atoms with E-state index in [0.717, 1.165) is 11.4 Å². The highest BCUT2D eigenvalue weighted by Crippen LogP contribution is 2.60. The monoisotopic (exact) mass is 637 g/mol. The van der Waals surface area contributed by atoms with Gasteiger partial charge in [-0.2, -0.15) is 0 Å². The number of fused-ring (bicyclic) bond motifs is 7. The number of rotatable bonds is 7. The topological polar surface area (TPSA) is 3.24 Å². The van der Waals surface area contributed by atoms with Gasteiger partial charge < -0.3 is 4.90 Å². The summed E-state index contributed by atoms with van der Waals surface area (Å²) < 4.78 is 2.61. The van der Waals surface area contributed by atoms with Crippen LogP contribution in [0.3, 0.4) is 0 Å². The molecule has 1 heterocycles. The number of nitrogens with zero attached hydrogens (tertiary/aromatic N) is 1. The van der Waals surface area contributed by atoms with Gasteiger partial charge in [0.1, 0.15) is 0 Å². The van der Waals surface area contributed by atoms with Gasteiger partial charge in [0.05, 0.1) is 15.8 Å². The first kappa shape index (κ1) is 31.2. The summed E-state index contributed by atoms with van der Waals surface area (Å²) in [6.07, 6.45) is 8.43.